The van der Waals surface area contributed by atoms with Gasteiger partial charge in [0, 0.05) is 19.5 Å². The van der Waals surface area contributed by atoms with Crippen LogP contribution in [0.25, 0.3) is 0 Å². The summed E-state index contributed by atoms with van der Waals surface area (Å²) in [5.41, 5.74) is 0. The Balaban J connectivity index is 0. The Bertz CT molecular complexity index is 8.00. The molecule has 2 radical (unpaired) electrons. The van der Waals surface area contributed by atoms with Crippen molar-refractivity contribution in [3.05, 3.63) is 0 Å². The molecule has 2 N–H and O–H groups in total. The minimum Gasteiger partial charge on any atom is 0 e. The van der Waals surface area contributed by atoms with E-state index in [0.717, 1.165) is 0 Å². The molecule has 0 aromatic carbocycles. The summed E-state index contributed by atoms with van der Waals surface area (Å²) in [6.07, 6.45) is 0. The van der Waals surface area contributed by atoms with E-state index in [4.69, 9.17) is 0 Å². The average Bonchev–Trinajstić information content (AvgIpc) is 0. The predicted molar refractivity (Wildman–Crippen MR) is 22.1 cm³/mol. The molecule has 0 heterocycles. The Labute approximate surface area is 73.7 Å². The van der Waals surface area contributed by atoms with E-state index in [1.165, 1.54) is 0 Å². The minimum atomic E-state index is 0. The molecule has 0 rings (SSSR count). The van der Waals surface area contributed by atoms with Gasteiger partial charge in [-0.3, -0.25) is 0 Å². The summed E-state index contributed by atoms with van der Waals surface area (Å²) in [5.74, 6) is 0. The van der Waals surface area contributed by atoms with Crippen LogP contribution in [0.5, 0.6) is 0 Å². The molecule has 0 amide bonds. The summed E-state index contributed by atoms with van der Waals surface area (Å²) in [4.78, 5) is 0. The van der Waals surface area contributed by atoms with Gasteiger partial charge in [-0.2, -0.15) is 0 Å². The zero-order chi connectivity index (χ0) is 0. The molecule has 4 heavy (non-hydrogen) atoms. The van der Waals surface area contributed by atoms with Gasteiger partial charge in [-0.05, 0) is 0 Å². The Kier molecular flexibility index (Phi) is 159. The number of hydrogen-bond donors (Lipinski definition) is 0. The van der Waals surface area contributed by atoms with E-state index < -0.39 is 0 Å². The van der Waals surface area contributed by atoms with Crippen molar-refractivity contribution in [3.63, 3.8) is 0 Å². The third-order valence-electron chi connectivity index (χ3n) is 0. The maximum Gasteiger partial charge on any atom is 0 e. The average molecular weight is 322 g/mol. The number of hydrogen-bond acceptors (Lipinski definition) is 0. The third-order valence-corrected chi connectivity index (χ3v) is 0. The second kappa shape index (κ2) is 18.7. The molecule has 0 unspecified atom stereocenters. The molecule has 0 saturated carbocycles. The van der Waals surface area contributed by atoms with Crippen LogP contribution >= 0.6 is 0 Å². The molecule has 0 aliphatic rings. The van der Waals surface area contributed by atoms with Crippen LogP contribution in [0.4, 0.5) is 0 Å². The first-order valence-corrected chi connectivity index (χ1v) is 0. The fourth-order valence-electron chi connectivity index (χ4n) is 0. The van der Waals surface area contributed by atoms with Crippen LogP contribution in [-0.4, -0.2) is 55.2 Å². The summed E-state index contributed by atoms with van der Waals surface area (Å²) in [6.45, 7) is 0. The van der Waals surface area contributed by atoms with E-state index in [0.29, 0.717) is 0 Å². The van der Waals surface area contributed by atoms with E-state index in [1.807, 2.05) is 0 Å². The molecule has 4 heteroatoms. The van der Waals surface area contributed by atoms with Gasteiger partial charge in [-0.1, -0.05) is 0 Å². The van der Waals surface area contributed by atoms with Crippen LogP contribution < -0.4 is 0 Å². The van der Waals surface area contributed by atoms with E-state index in [-0.39, 0.29) is 74.7 Å². The molecule has 0 aromatic rings. The van der Waals surface area contributed by atoms with Crippen molar-refractivity contribution in [1.29, 1.82) is 0 Å². The van der Waals surface area contributed by atoms with E-state index in [1.54, 1.807) is 0 Å². The normalized spacial score (nSPS) is 0. The van der Waals surface area contributed by atoms with Gasteiger partial charge in [0.2, 0.25) is 0 Å². The molecular weight excluding hydrogens is 315 g/mol. The predicted octanol–water partition coefficient (Wildman–Crippen LogP) is -2.93. The van der Waals surface area contributed by atoms with Crippen LogP contribution in [0.1, 0.15) is 0 Å². The van der Waals surface area contributed by atoms with Crippen molar-refractivity contribution < 1.29 is 25.0 Å². The van der Waals surface area contributed by atoms with Gasteiger partial charge < -0.3 is 5.48 Å². The zero-order valence-corrected chi connectivity index (χ0v) is 8.92. The van der Waals surface area contributed by atoms with Gasteiger partial charge in [-0.25, -0.2) is 0 Å². The molecule has 0 aliphatic carbocycles. The molecule has 1 nitrogen and oxygen atoms in total. The van der Waals surface area contributed by atoms with Crippen molar-refractivity contribution in [2.45, 2.75) is 0 Å². The van der Waals surface area contributed by atoms with E-state index in [2.05, 4.69) is 0 Å². The Morgan fingerprint density at radius 1 is 1.00 bits per heavy atom. The van der Waals surface area contributed by atoms with Crippen LogP contribution in [0, 0.1) is 0 Å². The van der Waals surface area contributed by atoms with Crippen LogP contribution in [0.3, 0.4) is 0 Å². The van der Waals surface area contributed by atoms with Gasteiger partial charge in [0.25, 0.3) is 0 Å². The fraction of sp³-hybridized carbons (Fsp3) is 0. The molecule has 0 bridgehead atoms. The van der Waals surface area contributed by atoms with Crippen molar-refractivity contribution in [2.24, 2.45) is 0 Å². The molecular formula is H7InOSnZn. The van der Waals surface area contributed by atoms with Gasteiger partial charge in [-0.15, -0.1) is 0 Å². The largest absolute Gasteiger partial charge is 0 e. The Morgan fingerprint density at radius 3 is 1.00 bits per heavy atom. The maximum atomic E-state index is 0. The standard InChI is InChI=1S/In.H2O.Sn.Zn.5H/h;1H2;;;;;;;. The Morgan fingerprint density at radius 2 is 1.00 bits per heavy atom. The first kappa shape index (κ1) is 34.0. The van der Waals surface area contributed by atoms with Crippen molar-refractivity contribution in [1.82, 2.24) is 0 Å². The smallest absolute Gasteiger partial charge is 0 e. The molecule has 0 saturated heterocycles. The first-order valence-electron chi connectivity index (χ1n) is 0. The summed E-state index contributed by atoms with van der Waals surface area (Å²) < 4.78 is 0. The summed E-state index contributed by atoms with van der Waals surface area (Å²) in [7, 11) is 0. The quantitative estimate of drug-likeness (QED) is 0.428. The third kappa shape index (κ3) is 8.87. The van der Waals surface area contributed by atoms with Crippen LogP contribution in [0.15, 0.2) is 0 Å². The minimum absolute atomic E-state index is 0. The molecule has 0 atom stereocenters. The van der Waals surface area contributed by atoms with Crippen LogP contribution in [-0.2, 0) is 19.5 Å². The topological polar surface area (TPSA) is 31.5 Å². The van der Waals surface area contributed by atoms with Crippen molar-refractivity contribution >= 4 is 49.8 Å². The summed E-state index contributed by atoms with van der Waals surface area (Å²) in [6, 6.07) is 0. The first-order chi connectivity index (χ1) is 0. The SMILES string of the molecule is O.[InH3].[SnH2].[Zn]. The van der Waals surface area contributed by atoms with Gasteiger partial charge in [0.05, 0.1) is 0 Å². The summed E-state index contributed by atoms with van der Waals surface area (Å²) in [5, 5.41) is 0. The molecule has 0 aliphatic heterocycles. The molecule has 0 fully saturated rings. The maximum absolute atomic E-state index is 0. The summed E-state index contributed by atoms with van der Waals surface area (Å²) >= 11 is 0. The Hall–Kier alpha value is 2.25. The zero-order valence-electron chi connectivity index (χ0n) is 1.91. The van der Waals surface area contributed by atoms with Gasteiger partial charge in [0.15, 0.2) is 0 Å². The van der Waals surface area contributed by atoms with Gasteiger partial charge in [0.1, 0.15) is 0 Å². The van der Waals surface area contributed by atoms with E-state index in [9.17, 15) is 0 Å². The van der Waals surface area contributed by atoms with Crippen LogP contribution in [0.2, 0.25) is 0 Å². The molecule has 0 spiro atoms. The van der Waals surface area contributed by atoms with E-state index >= 15 is 0 Å². The van der Waals surface area contributed by atoms with Gasteiger partial charge >= 0.3 is 49.8 Å². The fourth-order valence-corrected chi connectivity index (χ4v) is 0. The van der Waals surface area contributed by atoms with Crippen molar-refractivity contribution in [3.8, 4) is 0 Å². The molecule has 0 aromatic heterocycles. The second-order valence-corrected chi connectivity index (χ2v) is 0. The second-order valence-electron chi connectivity index (χ2n) is 0. The monoisotopic (exact) mass is 322 g/mol. The number of rotatable bonds is 0. The molecule has 22 valence electrons. The van der Waals surface area contributed by atoms with Crippen molar-refractivity contribution in [2.75, 3.05) is 0 Å².